The Kier molecular flexibility index (Phi) is 3.94. The molecule has 0 saturated heterocycles. The Labute approximate surface area is 127 Å². The quantitative estimate of drug-likeness (QED) is 0.856. The highest BCUT2D eigenvalue weighted by Crippen LogP contribution is 2.27. The third kappa shape index (κ3) is 2.81. The Bertz CT molecular complexity index is 615. The van der Waals surface area contributed by atoms with E-state index in [-0.39, 0.29) is 0 Å². The number of nitrogen functional groups attached to an aromatic ring is 1. The summed E-state index contributed by atoms with van der Waals surface area (Å²) in [7, 11) is 0. The number of benzene rings is 2. The first kappa shape index (κ1) is 13.5. The van der Waals surface area contributed by atoms with Gasteiger partial charge in [0.15, 0.2) is 0 Å². The molecule has 1 heterocycles. The van der Waals surface area contributed by atoms with Crippen molar-refractivity contribution < 1.29 is 4.74 Å². The summed E-state index contributed by atoms with van der Waals surface area (Å²) >= 11 is 3.58. The Morgan fingerprint density at radius 2 is 2.00 bits per heavy atom. The predicted octanol–water partition coefficient (Wildman–Crippen LogP) is 3.43. The largest absolute Gasteiger partial charge is 0.492 e. The molecule has 0 aromatic heterocycles. The van der Waals surface area contributed by atoms with Gasteiger partial charge in [-0.2, -0.15) is 0 Å². The molecule has 2 N–H and O–H groups in total. The second-order valence-electron chi connectivity index (χ2n) is 4.99. The van der Waals surface area contributed by atoms with E-state index in [2.05, 4.69) is 39.0 Å². The van der Waals surface area contributed by atoms with Crippen molar-refractivity contribution in [3.63, 3.8) is 0 Å². The van der Waals surface area contributed by atoms with Crippen molar-refractivity contribution in [3.05, 3.63) is 58.1 Å². The highest BCUT2D eigenvalue weighted by atomic mass is 79.9. The molecular formula is C16H17BrN2O. The molecule has 3 rings (SSSR count). The molecule has 1 aliphatic heterocycles. The molecule has 0 bridgehead atoms. The van der Waals surface area contributed by atoms with Gasteiger partial charge in [-0.05, 0) is 33.6 Å². The van der Waals surface area contributed by atoms with Crippen molar-refractivity contribution in [2.45, 2.75) is 13.1 Å². The second-order valence-corrected chi connectivity index (χ2v) is 5.78. The topological polar surface area (TPSA) is 38.5 Å². The van der Waals surface area contributed by atoms with Crippen molar-refractivity contribution in [2.75, 3.05) is 18.9 Å². The van der Waals surface area contributed by atoms with Crippen molar-refractivity contribution >= 4 is 21.6 Å². The predicted molar refractivity (Wildman–Crippen MR) is 84.6 cm³/mol. The Balaban J connectivity index is 1.80. The molecule has 0 radical (unpaired) electrons. The summed E-state index contributed by atoms with van der Waals surface area (Å²) in [5.41, 5.74) is 9.18. The van der Waals surface area contributed by atoms with E-state index in [0.29, 0.717) is 0 Å². The number of para-hydroxylation sites is 1. The van der Waals surface area contributed by atoms with Crippen LogP contribution in [0.3, 0.4) is 0 Å². The number of anilines is 1. The second kappa shape index (κ2) is 5.85. The lowest BCUT2D eigenvalue weighted by molar-refractivity contribution is 0.219. The van der Waals surface area contributed by atoms with Crippen molar-refractivity contribution in [1.29, 1.82) is 0 Å². The van der Waals surface area contributed by atoms with Crippen LogP contribution in [0.2, 0.25) is 0 Å². The van der Waals surface area contributed by atoms with E-state index in [9.17, 15) is 0 Å². The first-order chi connectivity index (χ1) is 9.74. The third-order valence-electron chi connectivity index (χ3n) is 3.53. The van der Waals surface area contributed by atoms with Crippen LogP contribution in [0, 0.1) is 0 Å². The summed E-state index contributed by atoms with van der Waals surface area (Å²) in [5.74, 6) is 1.00. The molecule has 0 fully saturated rings. The van der Waals surface area contributed by atoms with Gasteiger partial charge >= 0.3 is 0 Å². The molecule has 2 aromatic rings. The van der Waals surface area contributed by atoms with Gasteiger partial charge in [0.05, 0.1) is 0 Å². The molecule has 1 aliphatic rings. The third-order valence-corrected chi connectivity index (χ3v) is 4.50. The summed E-state index contributed by atoms with van der Waals surface area (Å²) in [6, 6.07) is 14.3. The molecule has 0 unspecified atom stereocenters. The highest BCUT2D eigenvalue weighted by Gasteiger charge is 2.16. The van der Waals surface area contributed by atoms with E-state index in [1.807, 2.05) is 24.3 Å². The zero-order valence-corrected chi connectivity index (χ0v) is 12.8. The van der Waals surface area contributed by atoms with E-state index in [1.165, 1.54) is 11.1 Å². The zero-order chi connectivity index (χ0) is 13.9. The van der Waals surface area contributed by atoms with Crippen LogP contribution in [-0.2, 0) is 13.1 Å². The van der Waals surface area contributed by atoms with Gasteiger partial charge in [-0.3, -0.25) is 4.90 Å². The Morgan fingerprint density at radius 1 is 1.15 bits per heavy atom. The van der Waals surface area contributed by atoms with Gasteiger partial charge in [0.2, 0.25) is 0 Å². The van der Waals surface area contributed by atoms with Gasteiger partial charge in [-0.1, -0.05) is 30.3 Å². The van der Waals surface area contributed by atoms with Crippen LogP contribution in [0.1, 0.15) is 11.1 Å². The number of nitrogens with two attached hydrogens (primary N) is 1. The van der Waals surface area contributed by atoms with Crippen LogP contribution in [0.4, 0.5) is 5.69 Å². The molecule has 0 saturated carbocycles. The molecule has 0 spiro atoms. The van der Waals surface area contributed by atoms with Crippen LogP contribution in [0.25, 0.3) is 0 Å². The lowest BCUT2D eigenvalue weighted by atomic mass is 10.1. The number of halogens is 1. The van der Waals surface area contributed by atoms with Gasteiger partial charge in [-0.25, -0.2) is 0 Å². The molecular weight excluding hydrogens is 316 g/mol. The van der Waals surface area contributed by atoms with Crippen molar-refractivity contribution in [3.8, 4) is 5.75 Å². The van der Waals surface area contributed by atoms with Gasteiger partial charge in [0.1, 0.15) is 12.4 Å². The lowest BCUT2D eigenvalue weighted by Gasteiger charge is -2.20. The molecule has 0 atom stereocenters. The summed E-state index contributed by atoms with van der Waals surface area (Å²) < 4.78 is 6.79. The Morgan fingerprint density at radius 3 is 2.90 bits per heavy atom. The number of rotatable bonds is 2. The molecule has 0 aliphatic carbocycles. The van der Waals surface area contributed by atoms with E-state index in [0.717, 1.165) is 42.2 Å². The Hall–Kier alpha value is -1.52. The fourth-order valence-corrected chi connectivity index (χ4v) is 2.87. The maximum atomic E-state index is 5.94. The fraction of sp³-hybridized carbons (Fsp3) is 0.250. The van der Waals surface area contributed by atoms with Gasteiger partial charge < -0.3 is 10.5 Å². The van der Waals surface area contributed by atoms with Gasteiger partial charge in [-0.15, -0.1) is 0 Å². The minimum atomic E-state index is 0.719. The van der Waals surface area contributed by atoms with E-state index in [1.54, 1.807) is 0 Å². The minimum absolute atomic E-state index is 0.719. The first-order valence-electron chi connectivity index (χ1n) is 6.70. The molecule has 104 valence electrons. The summed E-state index contributed by atoms with van der Waals surface area (Å²) in [4.78, 5) is 2.38. The summed E-state index contributed by atoms with van der Waals surface area (Å²) in [6.07, 6.45) is 0. The maximum Gasteiger partial charge on any atom is 0.123 e. The average molecular weight is 333 g/mol. The van der Waals surface area contributed by atoms with Crippen molar-refractivity contribution in [1.82, 2.24) is 4.90 Å². The molecule has 20 heavy (non-hydrogen) atoms. The minimum Gasteiger partial charge on any atom is -0.492 e. The van der Waals surface area contributed by atoms with Crippen LogP contribution in [0.5, 0.6) is 5.75 Å². The molecule has 2 aromatic carbocycles. The van der Waals surface area contributed by atoms with E-state index < -0.39 is 0 Å². The van der Waals surface area contributed by atoms with E-state index in [4.69, 9.17) is 10.5 Å². The SMILES string of the molecule is Nc1cccc(CN2CCOc3ccccc3C2)c1Br. The number of fused-ring (bicyclic) bond motifs is 1. The molecule has 0 amide bonds. The molecule has 4 heteroatoms. The van der Waals surface area contributed by atoms with Gasteiger partial charge in [0.25, 0.3) is 0 Å². The summed E-state index contributed by atoms with van der Waals surface area (Å²) in [6.45, 7) is 3.40. The van der Waals surface area contributed by atoms with Crippen LogP contribution in [-0.4, -0.2) is 18.1 Å². The fourth-order valence-electron chi connectivity index (χ4n) is 2.48. The lowest BCUT2D eigenvalue weighted by Crippen LogP contribution is -2.25. The number of ether oxygens (including phenoxy) is 1. The summed E-state index contributed by atoms with van der Waals surface area (Å²) in [5, 5.41) is 0. The zero-order valence-electron chi connectivity index (χ0n) is 11.2. The maximum absolute atomic E-state index is 5.94. The smallest absolute Gasteiger partial charge is 0.123 e. The van der Waals surface area contributed by atoms with Crippen LogP contribution >= 0.6 is 15.9 Å². The number of hydrogen-bond acceptors (Lipinski definition) is 3. The van der Waals surface area contributed by atoms with Crippen LogP contribution in [0.15, 0.2) is 46.9 Å². The van der Waals surface area contributed by atoms with Crippen molar-refractivity contribution in [2.24, 2.45) is 0 Å². The standard InChI is InChI=1S/C16H17BrN2O/c17-16-13(5-3-6-14(16)18)11-19-8-9-20-15-7-2-1-4-12(15)10-19/h1-7H,8-11,18H2. The molecule has 3 nitrogen and oxygen atoms in total. The van der Waals surface area contributed by atoms with Gasteiger partial charge in [0, 0.05) is 35.4 Å². The van der Waals surface area contributed by atoms with Crippen LogP contribution < -0.4 is 10.5 Å². The van der Waals surface area contributed by atoms with E-state index >= 15 is 0 Å². The number of hydrogen-bond donors (Lipinski definition) is 1. The normalized spacial score (nSPS) is 15.2. The highest BCUT2D eigenvalue weighted by molar-refractivity contribution is 9.10. The number of nitrogens with zero attached hydrogens (tertiary/aromatic N) is 1. The average Bonchev–Trinajstić information content (AvgIpc) is 2.65. The first-order valence-corrected chi connectivity index (χ1v) is 7.49. The monoisotopic (exact) mass is 332 g/mol.